The average molecular weight is 281 g/mol. The third-order valence-electron chi connectivity index (χ3n) is 3.83. The van der Waals surface area contributed by atoms with Crippen molar-refractivity contribution in [3.05, 3.63) is 21.4 Å². The fraction of sp³-hybridized carbons (Fsp3) is 0.538. The molecule has 0 spiro atoms. The molecule has 0 saturated carbocycles. The SMILES string of the molecule is Clc1nc(C2CCOC2)nc2sc3c(c12)CCC3. The lowest BCUT2D eigenvalue weighted by Gasteiger charge is -2.07. The Balaban J connectivity index is 1.88. The molecule has 0 amide bonds. The Labute approximate surface area is 114 Å². The molecule has 1 saturated heterocycles. The maximum absolute atomic E-state index is 6.38. The number of aryl methyl sites for hydroxylation is 2. The normalized spacial score (nSPS) is 22.8. The van der Waals surface area contributed by atoms with Gasteiger partial charge in [-0.1, -0.05) is 11.6 Å². The summed E-state index contributed by atoms with van der Waals surface area (Å²) < 4.78 is 5.41. The van der Waals surface area contributed by atoms with Gasteiger partial charge in [0.2, 0.25) is 0 Å². The van der Waals surface area contributed by atoms with Crippen LogP contribution in [-0.2, 0) is 17.6 Å². The highest BCUT2D eigenvalue weighted by Gasteiger charge is 2.25. The van der Waals surface area contributed by atoms with Gasteiger partial charge < -0.3 is 4.74 Å². The van der Waals surface area contributed by atoms with E-state index in [0.717, 1.165) is 42.1 Å². The van der Waals surface area contributed by atoms with Crippen LogP contribution in [-0.4, -0.2) is 23.2 Å². The molecule has 1 unspecified atom stereocenters. The van der Waals surface area contributed by atoms with Gasteiger partial charge in [-0.3, -0.25) is 0 Å². The molecule has 94 valence electrons. The molecule has 0 radical (unpaired) electrons. The van der Waals surface area contributed by atoms with Gasteiger partial charge in [-0.25, -0.2) is 9.97 Å². The number of hydrogen-bond donors (Lipinski definition) is 0. The molecule has 4 rings (SSSR count). The van der Waals surface area contributed by atoms with Crippen LogP contribution in [0.5, 0.6) is 0 Å². The lowest BCUT2D eigenvalue weighted by atomic mass is 10.1. The topological polar surface area (TPSA) is 35.0 Å². The number of fused-ring (bicyclic) bond motifs is 3. The van der Waals surface area contributed by atoms with Crippen LogP contribution < -0.4 is 0 Å². The Morgan fingerprint density at radius 2 is 2.22 bits per heavy atom. The van der Waals surface area contributed by atoms with E-state index >= 15 is 0 Å². The second-order valence-electron chi connectivity index (χ2n) is 4.97. The summed E-state index contributed by atoms with van der Waals surface area (Å²) in [5.41, 5.74) is 1.40. The highest BCUT2D eigenvalue weighted by atomic mass is 35.5. The molecule has 0 N–H and O–H groups in total. The van der Waals surface area contributed by atoms with Crippen molar-refractivity contribution in [3.8, 4) is 0 Å². The van der Waals surface area contributed by atoms with Gasteiger partial charge in [0.25, 0.3) is 0 Å². The molecule has 3 nitrogen and oxygen atoms in total. The molecule has 1 fully saturated rings. The summed E-state index contributed by atoms with van der Waals surface area (Å²) in [5, 5.41) is 1.75. The number of nitrogens with zero attached hydrogens (tertiary/aromatic N) is 2. The fourth-order valence-corrected chi connectivity index (χ4v) is 4.50. The molecule has 2 aromatic heterocycles. The molecule has 0 bridgehead atoms. The smallest absolute Gasteiger partial charge is 0.141 e. The molecular formula is C13H13ClN2OS. The van der Waals surface area contributed by atoms with Crippen molar-refractivity contribution in [2.24, 2.45) is 0 Å². The third-order valence-corrected chi connectivity index (χ3v) is 5.29. The van der Waals surface area contributed by atoms with Gasteiger partial charge in [0.05, 0.1) is 12.0 Å². The zero-order valence-corrected chi connectivity index (χ0v) is 11.5. The van der Waals surface area contributed by atoms with Crippen LogP contribution in [0.25, 0.3) is 10.2 Å². The molecule has 5 heteroatoms. The fourth-order valence-electron chi connectivity index (χ4n) is 2.89. The van der Waals surface area contributed by atoms with Gasteiger partial charge in [0, 0.05) is 17.4 Å². The quantitative estimate of drug-likeness (QED) is 0.752. The minimum atomic E-state index is 0.323. The van der Waals surface area contributed by atoms with Crippen LogP contribution in [0.3, 0.4) is 0 Å². The van der Waals surface area contributed by atoms with E-state index in [2.05, 4.69) is 4.98 Å². The predicted molar refractivity (Wildman–Crippen MR) is 72.6 cm³/mol. The summed E-state index contributed by atoms with van der Waals surface area (Å²) in [6.07, 6.45) is 4.55. The summed E-state index contributed by atoms with van der Waals surface area (Å²) in [4.78, 5) is 11.8. The van der Waals surface area contributed by atoms with Gasteiger partial charge in [-0.05, 0) is 31.2 Å². The van der Waals surface area contributed by atoms with E-state index in [0.29, 0.717) is 11.1 Å². The largest absolute Gasteiger partial charge is 0.381 e. The third kappa shape index (κ3) is 1.59. The van der Waals surface area contributed by atoms with E-state index in [-0.39, 0.29) is 0 Å². The van der Waals surface area contributed by atoms with E-state index < -0.39 is 0 Å². The van der Waals surface area contributed by atoms with Gasteiger partial charge >= 0.3 is 0 Å². The Morgan fingerprint density at radius 3 is 3.06 bits per heavy atom. The zero-order chi connectivity index (χ0) is 12.1. The number of halogens is 1. The predicted octanol–water partition coefficient (Wildman–Crippen LogP) is 3.34. The van der Waals surface area contributed by atoms with Crippen molar-refractivity contribution in [2.45, 2.75) is 31.6 Å². The molecule has 3 heterocycles. The van der Waals surface area contributed by atoms with Gasteiger partial charge in [0.15, 0.2) is 0 Å². The van der Waals surface area contributed by atoms with Crippen molar-refractivity contribution in [1.29, 1.82) is 0 Å². The summed E-state index contributed by atoms with van der Waals surface area (Å²) in [7, 11) is 0. The first kappa shape index (κ1) is 11.1. The van der Waals surface area contributed by atoms with E-state index in [1.54, 1.807) is 11.3 Å². The number of hydrogen-bond acceptors (Lipinski definition) is 4. The summed E-state index contributed by atoms with van der Waals surface area (Å²) >= 11 is 8.18. The lowest BCUT2D eigenvalue weighted by Crippen LogP contribution is -2.04. The average Bonchev–Trinajstić information content (AvgIpc) is 3.04. The molecule has 18 heavy (non-hydrogen) atoms. The first-order valence-electron chi connectivity index (χ1n) is 6.38. The highest BCUT2D eigenvalue weighted by Crippen LogP contribution is 2.40. The zero-order valence-electron chi connectivity index (χ0n) is 9.91. The van der Waals surface area contributed by atoms with Crippen LogP contribution in [0.2, 0.25) is 5.15 Å². The van der Waals surface area contributed by atoms with Gasteiger partial charge in [-0.15, -0.1) is 11.3 Å². The molecule has 0 aromatic carbocycles. The summed E-state index contributed by atoms with van der Waals surface area (Å²) in [5.74, 6) is 1.19. The van der Waals surface area contributed by atoms with Crippen molar-refractivity contribution >= 4 is 33.2 Å². The second-order valence-corrected chi connectivity index (χ2v) is 6.41. The van der Waals surface area contributed by atoms with E-state index in [1.165, 1.54) is 23.3 Å². The molecular weight excluding hydrogens is 268 g/mol. The van der Waals surface area contributed by atoms with Crippen LogP contribution in [0, 0.1) is 0 Å². The maximum Gasteiger partial charge on any atom is 0.141 e. The van der Waals surface area contributed by atoms with Gasteiger partial charge in [-0.2, -0.15) is 0 Å². The highest BCUT2D eigenvalue weighted by molar-refractivity contribution is 7.19. The van der Waals surface area contributed by atoms with Crippen LogP contribution in [0.15, 0.2) is 0 Å². The van der Waals surface area contributed by atoms with Crippen LogP contribution in [0.1, 0.15) is 35.0 Å². The monoisotopic (exact) mass is 280 g/mol. The number of rotatable bonds is 1. The van der Waals surface area contributed by atoms with Crippen molar-refractivity contribution < 1.29 is 4.74 Å². The van der Waals surface area contributed by atoms with E-state index in [4.69, 9.17) is 21.3 Å². The number of aromatic nitrogens is 2. The van der Waals surface area contributed by atoms with Crippen LogP contribution in [0.4, 0.5) is 0 Å². The van der Waals surface area contributed by atoms with Gasteiger partial charge in [0.1, 0.15) is 15.8 Å². The standard InChI is InChI=1S/C13H13ClN2OS/c14-11-10-8-2-1-3-9(8)18-13(10)16-12(15-11)7-4-5-17-6-7/h7H,1-6H2. The second kappa shape index (κ2) is 4.15. The summed E-state index contributed by atoms with van der Waals surface area (Å²) in [6, 6.07) is 0. The Morgan fingerprint density at radius 1 is 1.28 bits per heavy atom. The molecule has 2 aromatic rings. The molecule has 1 aliphatic carbocycles. The minimum Gasteiger partial charge on any atom is -0.381 e. The molecule has 1 atom stereocenters. The Hall–Kier alpha value is -0.710. The summed E-state index contributed by atoms with van der Waals surface area (Å²) in [6.45, 7) is 1.54. The lowest BCUT2D eigenvalue weighted by molar-refractivity contribution is 0.193. The minimum absolute atomic E-state index is 0.323. The van der Waals surface area contributed by atoms with E-state index in [9.17, 15) is 0 Å². The number of ether oxygens (including phenoxy) is 1. The van der Waals surface area contributed by atoms with Crippen molar-refractivity contribution in [1.82, 2.24) is 9.97 Å². The first-order valence-corrected chi connectivity index (χ1v) is 7.58. The maximum atomic E-state index is 6.38. The van der Waals surface area contributed by atoms with Crippen LogP contribution >= 0.6 is 22.9 Å². The molecule has 2 aliphatic rings. The molecule has 1 aliphatic heterocycles. The van der Waals surface area contributed by atoms with E-state index in [1.807, 2.05) is 0 Å². The first-order chi connectivity index (χ1) is 8.83. The van der Waals surface area contributed by atoms with Crippen molar-refractivity contribution in [2.75, 3.05) is 13.2 Å². The number of thiophene rings is 1. The Bertz CT molecular complexity index is 619. The Kier molecular flexibility index (Phi) is 2.57. The van der Waals surface area contributed by atoms with Crippen molar-refractivity contribution in [3.63, 3.8) is 0 Å².